The Hall–Kier alpha value is -2.47. The van der Waals surface area contributed by atoms with Gasteiger partial charge in [0.05, 0.1) is 23.4 Å². The van der Waals surface area contributed by atoms with E-state index in [1.54, 1.807) is 0 Å². The van der Waals surface area contributed by atoms with Crippen molar-refractivity contribution in [3.63, 3.8) is 0 Å². The maximum absolute atomic E-state index is 12.2. The lowest BCUT2D eigenvalue weighted by atomic mass is 10.0. The van der Waals surface area contributed by atoms with E-state index in [4.69, 9.17) is 4.74 Å². The molecule has 0 radical (unpaired) electrons. The number of carbonyl (C=O) groups is 1. The highest BCUT2D eigenvalue weighted by atomic mass is 32.2. The van der Waals surface area contributed by atoms with Crippen molar-refractivity contribution in [2.24, 2.45) is 0 Å². The number of ether oxygens (including phenoxy) is 1. The fourth-order valence-electron chi connectivity index (χ4n) is 2.57. The monoisotopic (exact) mass is 369 g/mol. The molecule has 0 fully saturated rings. The van der Waals surface area contributed by atoms with Crippen molar-refractivity contribution in [2.45, 2.75) is 31.8 Å². The molecule has 3 aromatic rings. The van der Waals surface area contributed by atoms with Crippen molar-refractivity contribution in [3.05, 3.63) is 48.0 Å². The molecule has 6 heteroatoms. The van der Waals surface area contributed by atoms with Gasteiger partial charge in [0.1, 0.15) is 5.75 Å². The highest BCUT2D eigenvalue weighted by Gasteiger charge is 2.09. The minimum atomic E-state index is -0.0530. The van der Waals surface area contributed by atoms with E-state index in [1.807, 2.05) is 49.4 Å². The third kappa shape index (κ3) is 4.58. The number of hydrogen-bond donors (Lipinski definition) is 2. The van der Waals surface area contributed by atoms with Crippen molar-refractivity contribution in [3.8, 4) is 5.75 Å². The van der Waals surface area contributed by atoms with Gasteiger partial charge in [0, 0.05) is 11.8 Å². The molecule has 0 atom stereocenters. The fourth-order valence-corrected chi connectivity index (χ4v) is 3.26. The fraction of sp³-hybridized carbons (Fsp3) is 0.300. The quantitative estimate of drug-likeness (QED) is 0.586. The Morgan fingerprint density at radius 3 is 2.69 bits per heavy atom. The van der Waals surface area contributed by atoms with Crippen LogP contribution < -0.4 is 10.1 Å². The van der Waals surface area contributed by atoms with Gasteiger partial charge in [-0.05, 0) is 42.7 Å². The van der Waals surface area contributed by atoms with Gasteiger partial charge in [-0.15, -0.1) is 0 Å². The molecule has 2 N–H and O–H groups in total. The van der Waals surface area contributed by atoms with E-state index in [2.05, 4.69) is 29.1 Å². The van der Waals surface area contributed by atoms with Crippen molar-refractivity contribution < 1.29 is 9.53 Å². The number of benzene rings is 2. The lowest BCUT2D eigenvalue weighted by molar-refractivity contribution is -0.113. The molecule has 1 amide bonds. The molecular formula is C20H23N3O2S. The van der Waals surface area contributed by atoms with Crippen LogP contribution in [0.15, 0.2) is 47.6 Å². The predicted molar refractivity (Wildman–Crippen MR) is 107 cm³/mol. The average Bonchev–Trinajstić information content (AvgIpc) is 3.03. The van der Waals surface area contributed by atoms with Gasteiger partial charge >= 0.3 is 0 Å². The molecule has 0 saturated heterocycles. The zero-order valence-corrected chi connectivity index (χ0v) is 16.0. The lowest BCUT2D eigenvalue weighted by Gasteiger charge is -2.08. The summed E-state index contributed by atoms with van der Waals surface area (Å²) in [6, 6.07) is 13.7. The summed E-state index contributed by atoms with van der Waals surface area (Å²) in [5.74, 6) is 1.53. The largest absolute Gasteiger partial charge is 0.494 e. The molecule has 1 heterocycles. The number of thioether (sulfide) groups is 1. The molecule has 0 unspecified atom stereocenters. The second-order valence-corrected chi connectivity index (χ2v) is 7.23. The molecule has 1 aromatic heterocycles. The Balaban J connectivity index is 1.57. The van der Waals surface area contributed by atoms with E-state index in [0.29, 0.717) is 18.3 Å². The van der Waals surface area contributed by atoms with Crippen LogP contribution in [0.25, 0.3) is 11.0 Å². The number of imidazole rings is 1. The lowest BCUT2D eigenvalue weighted by Crippen LogP contribution is -2.14. The van der Waals surface area contributed by atoms with Crippen LogP contribution >= 0.6 is 11.8 Å². The Kier molecular flexibility index (Phi) is 5.83. The Morgan fingerprint density at radius 2 is 2.00 bits per heavy atom. The van der Waals surface area contributed by atoms with Crippen LogP contribution in [0.1, 0.15) is 32.3 Å². The number of carbonyl (C=O) groups excluding carboxylic acids is 1. The van der Waals surface area contributed by atoms with Gasteiger partial charge in [-0.3, -0.25) is 4.79 Å². The first-order valence-electron chi connectivity index (χ1n) is 8.70. The highest BCUT2D eigenvalue weighted by molar-refractivity contribution is 7.99. The van der Waals surface area contributed by atoms with Crippen LogP contribution in [-0.2, 0) is 4.79 Å². The van der Waals surface area contributed by atoms with Gasteiger partial charge in [0.25, 0.3) is 0 Å². The number of fused-ring (bicyclic) bond motifs is 1. The molecular weight excluding hydrogens is 346 g/mol. The maximum Gasteiger partial charge on any atom is 0.234 e. The second-order valence-electron chi connectivity index (χ2n) is 6.27. The van der Waals surface area contributed by atoms with E-state index in [0.717, 1.165) is 27.6 Å². The normalized spacial score (nSPS) is 11.1. The zero-order valence-electron chi connectivity index (χ0n) is 15.2. The minimum absolute atomic E-state index is 0.0530. The first-order chi connectivity index (χ1) is 12.5. The van der Waals surface area contributed by atoms with Crippen molar-refractivity contribution >= 4 is 34.4 Å². The van der Waals surface area contributed by atoms with Crippen LogP contribution in [0.2, 0.25) is 0 Å². The Morgan fingerprint density at radius 1 is 1.23 bits per heavy atom. The van der Waals surface area contributed by atoms with Crippen molar-refractivity contribution in [1.82, 2.24) is 9.97 Å². The summed E-state index contributed by atoms with van der Waals surface area (Å²) in [5.41, 5.74) is 3.83. The number of rotatable bonds is 7. The molecule has 0 spiro atoms. The summed E-state index contributed by atoms with van der Waals surface area (Å²) >= 11 is 1.38. The van der Waals surface area contributed by atoms with E-state index in [-0.39, 0.29) is 5.91 Å². The van der Waals surface area contributed by atoms with E-state index < -0.39 is 0 Å². The van der Waals surface area contributed by atoms with Gasteiger partial charge in [0.2, 0.25) is 5.91 Å². The summed E-state index contributed by atoms with van der Waals surface area (Å²) in [6.45, 7) is 6.87. The second kappa shape index (κ2) is 8.27. The summed E-state index contributed by atoms with van der Waals surface area (Å²) in [5, 5.41) is 3.64. The SMILES string of the molecule is CCOc1ccc2nc(SCC(=O)Nc3ccc(C(C)C)cc3)[nH]c2c1. The summed E-state index contributed by atoms with van der Waals surface area (Å²) < 4.78 is 5.49. The summed E-state index contributed by atoms with van der Waals surface area (Å²) in [7, 11) is 0. The average molecular weight is 369 g/mol. The first-order valence-corrected chi connectivity index (χ1v) is 9.69. The van der Waals surface area contributed by atoms with Gasteiger partial charge in [-0.1, -0.05) is 37.7 Å². The van der Waals surface area contributed by atoms with Gasteiger partial charge in [-0.25, -0.2) is 4.98 Å². The van der Waals surface area contributed by atoms with Crippen LogP contribution in [0.3, 0.4) is 0 Å². The molecule has 5 nitrogen and oxygen atoms in total. The zero-order chi connectivity index (χ0) is 18.5. The number of amides is 1. The van der Waals surface area contributed by atoms with Crippen LogP contribution in [0.4, 0.5) is 5.69 Å². The number of hydrogen-bond acceptors (Lipinski definition) is 4. The topological polar surface area (TPSA) is 67.0 Å². The molecule has 0 aliphatic carbocycles. The number of anilines is 1. The number of nitrogens with one attached hydrogen (secondary N) is 2. The Labute approximate surface area is 157 Å². The number of aromatic amines is 1. The third-order valence-electron chi connectivity index (χ3n) is 3.94. The van der Waals surface area contributed by atoms with E-state index in [9.17, 15) is 4.79 Å². The maximum atomic E-state index is 12.2. The number of nitrogens with zero attached hydrogens (tertiary/aromatic N) is 1. The minimum Gasteiger partial charge on any atom is -0.494 e. The van der Waals surface area contributed by atoms with Crippen LogP contribution in [0, 0.1) is 0 Å². The van der Waals surface area contributed by atoms with Crippen LogP contribution in [0.5, 0.6) is 5.75 Å². The standard InChI is InChI=1S/C20H23N3O2S/c1-4-25-16-9-10-17-18(11-16)23-20(22-17)26-12-19(24)21-15-7-5-14(6-8-15)13(2)3/h5-11,13H,4,12H2,1-3H3,(H,21,24)(H,22,23). The third-order valence-corrected chi connectivity index (χ3v) is 4.82. The molecule has 0 aliphatic heterocycles. The summed E-state index contributed by atoms with van der Waals surface area (Å²) in [6.07, 6.45) is 0. The number of H-pyrrole nitrogens is 1. The number of aromatic nitrogens is 2. The Bertz CT molecular complexity index is 888. The molecule has 0 bridgehead atoms. The molecule has 0 aliphatic rings. The summed E-state index contributed by atoms with van der Waals surface area (Å²) in [4.78, 5) is 19.9. The van der Waals surface area contributed by atoms with Gasteiger partial charge < -0.3 is 15.0 Å². The molecule has 136 valence electrons. The van der Waals surface area contributed by atoms with E-state index in [1.165, 1.54) is 17.3 Å². The van der Waals surface area contributed by atoms with Crippen molar-refractivity contribution in [2.75, 3.05) is 17.7 Å². The molecule has 3 rings (SSSR count). The van der Waals surface area contributed by atoms with Crippen LogP contribution in [-0.4, -0.2) is 28.2 Å². The smallest absolute Gasteiger partial charge is 0.234 e. The molecule has 0 saturated carbocycles. The highest BCUT2D eigenvalue weighted by Crippen LogP contribution is 2.23. The molecule has 26 heavy (non-hydrogen) atoms. The first kappa shape index (κ1) is 18.3. The van der Waals surface area contributed by atoms with E-state index >= 15 is 0 Å². The van der Waals surface area contributed by atoms with Crippen molar-refractivity contribution in [1.29, 1.82) is 0 Å². The van der Waals surface area contributed by atoms with Gasteiger partial charge in [0.15, 0.2) is 5.16 Å². The molecule has 2 aromatic carbocycles. The predicted octanol–water partition coefficient (Wildman–Crippen LogP) is 4.82. The van der Waals surface area contributed by atoms with Gasteiger partial charge in [-0.2, -0.15) is 0 Å².